The first-order chi connectivity index (χ1) is 15.0. The maximum atomic E-state index is 14.5. The van der Waals surface area contributed by atoms with Crippen LogP contribution in [0.25, 0.3) is 11.4 Å². The Morgan fingerprint density at radius 1 is 1.06 bits per heavy atom. The van der Waals surface area contributed by atoms with Crippen LogP contribution >= 0.6 is 0 Å². The molecule has 0 atom stereocenters. The summed E-state index contributed by atoms with van der Waals surface area (Å²) >= 11 is 0. The van der Waals surface area contributed by atoms with Crippen LogP contribution in [0.3, 0.4) is 0 Å². The van der Waals surface area contributed by atoms with Crippen LogP contribution in [0, 0.1) is 12.7 Å². The first-order valence-corrected chi connectivity index (χ1v) is 10.3. The standard InChI is InChI=1S/C23H25FN4O3/c1-14-19(30-2)12-16(13-20(14)31-3)23(29)25-18-11-15(8-9-17(18)24)22-27-26-21-7-5-4-6-10-28(21)22/h8-9,11-13H,4-7,10H2,1-3H3,(H,25,29). The van der Waals surface area contributed by atoms with Crippen LogP contribution in [0.1, 0.15) is 41.0 Å². The number of hydrogen-bond acceptors (Lipinski definition) is 5. The van der Waals surface area contributed by atoms with Gasteiger partial charge in [0.2, 0.25) is 0 Å². The molecule has 1 aromatic heterocycles. The SMILES string of the molecule is COc1cc(C(=O)Nc2cc(-c3nnc4n3CCCCC4)ccc2F)cc(OC)c1C. The molecule has 1 aliphatic heterocycles. The highest BCUT2D eigenvalue weighted by atomic mass is 19.1. The molecular weight excluding hydrogens is 399 g/mol. The number of nitrogens with one attached hydrogen (secondary N) is 1. The number of benzene rings is 2. The lowest BCUT2D eigenvalue weighted by Crippen LogP contribution is -2.14. The molecule has 0 aliphatic carbocycles. The van der Waals surface area contributed by atoms with E-state index in [1.807, 2.05) is 6.92 Å². The number of aryl methyl sites for hydroxylation is 1. The van der Waals surface area contributed by atoms with Crippen LogP contribution in [0.15, 0.2) is 30.3 Å². The zero-order chi connectivity index (χ0) is 22.0. The molecule has 31 heavy (non-hydrogen) atoms. The minimum absolute atomic E-state index is 0.0759. The zero-order valence-corrected chi connectivity index (χ0v) is 17.9. The molecule has 0 bridgehead atoms. The average Bonchev–Trinajstić information content (AvgIpc) is 3.03. The highest BCUT2D eigenvalue weighted by molar-refractivity contribution is 6.05. The quantitative estimate of drug-likeness (QED) is 0.657. The molecule has 2 aromatic carbocycles. The van der Waals surface area contributed by atoms with Gasteiger partial charge in [-0.15, -0.1) is 10.2 Å². The monoisotopic (exact) mass is 424 g/mol. The molecule has 0 saturated carbocycles. The molecule has 0 radical (unpaired) electrons. The van der Waals surface area contributed by atoms with Crippen LogP contribution in [0.2, 0.25) is 0 Å². The van der Waals surface area contributed by atoms with Crippen molar-refractivity contribution in [2.75, 3.05) is 19.5 Å². The number of nitrogens with zero attached hydrogens (tertiary/aromatic N) is 3. The number of carbonyl (C=O) groups excluding carboxylic acids is 1. The lowest BCUT2D eigenvalue weighted by molar-refractivity contribution is 0.102. The molecule has 0 spiro atoms. The fourth-order valence-corrected chi connectivity index (χ4v) is 3.87. The zero-order valence-electron chi connectivity index (χ0n) is 17.9. The third-order valence-electron chi connectivity index (χ3n) is 5.60. The third kappa shape index (κ3) is 4.10. The van der Waals surface area contributed by atoms with Crippen molar-refractivity contribution in [3.8, 4) is 22.9 Å². The topological polar surface area (TPSA) is 78.3 Å². The highest BCUT2D eigenvalue weighted by Crippen LogP contribution is 2.31. The molecule has 1 aliphatic rings. The summed E-state index contributed by atoms with van der Waals surface area (Å²) in [7, 11) is 3.04. The number of hydrogen-bond donors (Lipinski definition) is 1. The van der Waals surface area contributed by atoms with E-state index in [1.165, 1.54) is 20.3 Å². The lowest BCUT2D eigenvalue weighted by atomic mass is 10.1. The van der Waals surface area contributed by atoms with Gasteiger partial charge in [0.15, 0.2) is 5.82 Å². The van der Waals surface area contributed by atoms with E-state index in [9.17, 15) is 9.18 Å². The van der Waals surface area contributed by atoms with Gasteiger partial charge < -0.3 is 19.4 Å². The van der Waals surface area contributed by atoms with Gasteiger partial charge in [-0.05, 0) is 50.1 Å². The molecule has 7 nitrogen and oxygen atoms in total. The molecule has 1 N–H and O–H groups in total. The summed E-state index contributed by atoms with van der Waals surface area (Å²) in [5.74, 6) is 1.67. The van der Waals surface area contributed by atoms with E-state index in [4.69, 9.17) is 9.47 Å². The summed E-state index contributed by atoms with van der Waals surface area (Å²) in [4.78, 5) is 12.9. The van der Waals surface area contributed by atoms with E-state index in [0.29, 0.717) is 28.5 Å². The summed E-state index contributed by atoms with van der Waals surface area (Å²) in [5.41, 5.74) is 1.87. The summed E-state index contributed by atoms with van der Waals surface area (Å²) < 4.78 is 27.3. The normalized spacial score (nSPS) is 13.3. The van der Waals surface area contributed by atoms with Gasteiger partial charge in [0, 0.05) is 29.7 Å². The van der Waals surface area contributed by atoms with E-state index < -0.39 is 11.7 Å². The number of anilines is 1. The molecule has 2 heterocycles. The molecular formula is C23H25FN4O3. The summed E-state index contributed by atoms with van der Waals surface area (Å²) in [6, 6.07) is 7.80. The van der Waals surface area contributed by atoms with Crippen molar-refractivity contribution in [2.45, 2.75) is 39.2 Å². The van der Waals surface area contributed by atoms with Crippen molar-refractivity contribution in [1.82, 2.24) is 14.8 Å². The van der Waals surface area contributed by atoms with Gasteiger partial charge in [-0.1, -0.05) is 6.42 Å². The van der Waals surface area contributed by atoms with Crippen molar-refractivity contribution >= 4 is 11.6 Å². The van der Waals surface area contributed by atoms with Crippen LogP contribution in [0.5, 0.6) is 11.5 Å². The fourth-order valence-electron chi connectivity index (χ4n) is 3.87. The van der Waals surface area contributed by atoms with E-state index in [2.05, 4.69) is 20.1 Å². The van der Waals surface area contributed by atoms with Gasteiger partial charge in [0.1, 0.15) is 23.1 Å². The minimum Gasteiger partial charge on any atom is -0.496 e. The van der Waals surface area contributed by atoms with E-state index >= 15 is 0 Å². The Hall–Kier alpha value is -3.42. The first-order valence-electron chi connectivity index (χ1n) is 10.3. The Morgan fingerprint density at radius 3 is 2.52 bits per heavy atom. The molecule has 0 fully saturated rings. The van der Waals surface area contributed by atoms with Gasteiger partial charge in [-0.25, -0.2) is 4.39 Å². The predicted octanol–water partition coefficient (Wildman–Crippen LogP) is 4.39. The van der Waals surface area contributed by atoms with Gasteiger partial charge in [0.25, 0.3) is 5.91 Å². The number of aromatic nitrogens is 3. The minimum atomic E-state index is -0.529. The molecule has 8 heteroatoms. The second-order valence-corrected chi connectivity index (χ2v) is 7.56. The smallest absolute Gasteiger partial charge is 0.256 e. The Kier molecular flexibility index (Phi) is 5.88. The van der Waals surface area contributed by atoms with Gasteiger partial charge in [-0.2, -0.15) is 0 Å². The number of amides is 1. The van der Waals surface area contributed by atoms with E-state index in [0.717, 1.165) is 43.6 Å². The average molecular weight is 424 g/mol. The first kappa shape index (κ1) is 20.8. The molecule has 4 rings (SSSR count). The number of carbonyl (C=O) groups is 1. The van der Waals surface area contributed by atoms with E-state index in [1.54, 1.807) is 24.3 Å². The fraction of sp³-hybridized carbons (Fsp3) is 0.348. The number of methoxy groups -OCH3 is 2. The summed E-state index contributed by atoms with van der Waals surface area (Å²) in [6.45, 7) is 2.67. The second kappa shape index (κ2) is 8.75. The number of rotatable bonds is 5. The number of fused-ring (bicyclic) bond motifs is 1. The van der Waals surface area contributed by atoms with Crippen molar-refractivity contribution < 1.29 is 18.7 Å². The second-order valence-electron chi connectivity index (χ2n) is 7.56. The Labute approximate surface area is 180 Å². The Bertz CT molecular complexity index is 1100. The maximum absolute atomic E-state index is 14.5. The van der Waals surface area contributed by atoms with Crippen LogP contribution in [-0.2, 0) is 13.0 Å². The predicted molar refractivity (Wildman–Crippen MR) is 115 cm³/mol. The Morgan fingerprint density at radius 2 is 1.81 bits per heavy atom. The van der Waals surface area contributed by atoms with Gasteiger partial charge >= 0.3 is 0 Å². The van der Waals surface area contributed by atoms with Crippen molar-refractivity contribution in [3.05, 3.63) is 53.1 Å². The van der Waals surface area contributed by atoms with Crippen molar-refractivity contribution in [1.29, 1.82) is 0 Å². The highest BCUT2D eigenvalue weighted by Gasteiger charge is 2.19. The number of halogens is 1. The van der Waals surface area contributed by atoms with Gasteiger partial charge in [-0.3, -0.25) is 4.79 Å². The lowest BCUT2D eigenvalue weighted by Gasteiger charge is -2.13. The van der Waals surface area contributed by atoms with Crippen LogP contribution in [0.4, 0.5) is 10.1 Å². The van der Waals surface area contributed by atoms with Crippen molar-refractivity contribution in [2.24, 2.45) is 0 Å². The third-order valence-corrected chi connectivity index (χ3v) is 5.60. The van der Waals surface area contributed by atoms with Crippen LogP contribution in [-0.4, -0.2) is 34.9 Å². The summed E-state index contributed by atoms with van der Waals surface area (Å²) in [5, 5.41) is 11.3. The molecule has 1 amide bonds. The van der Waals surface area contributed by atoms with Crippen molar-refractivity contribution in [3.63, 3.8) is 0 Å². The molecule has 3 aromatic rings. The van der Waals surface area contributed by atoms with Crippen LogP contribution < -0.4 is 14.8 Å². The maximum Gasteiger partial charge on any atom is 0.256 e. The van der Waals surface area contributed by atoms with Gasteiger partial charge in [0.05, 0.1) is 19.9 Å². The van der Waals surface area contributed by atoms with E-state index in [-0.39, 0.29) is 5.69 Å². The number of ether oxygens (including phenoxy) is 2. The molecule has 0 saturated heterocycles. The molecule has 162 valence electrons. The largest absolute Gasteiger partial charge is 0.496 e. The summed E-state index contributed by atoms with van der Waals surface area (Å²) in [6.07, 6.45) is 4.18. The molecule has 0 unspecified atom stereocenters. The Balaban J connectivity index is 1.65.